The number of carbonyl (C=O) groups is 2. The third kappa shape index (κ3) is 6.35. The van der Waals surface area contributed by atoms with E-state index in [9.17, 15) is 19.8 Å². The van der Waals surface area contributed by atoms with Gasteiger partial charge in [-0.1, -0.05) is 67.8 Å². The Morgan fingerprint density at radius 2 is 1.77 bits per heavy atom. The number of carbonyl (C=O) groups excluding carboxylic acids is 2. The number of rotatable bonds is 9. The lowest BCUT2D eigenvalue weighted by Gasteiger charge is -2.35. The van der Waals surface area contributed by atoms with Crippen LogP contribution in [0.25, 0.3) is 22.2 Å². The van der Waals surface area contributed by atoms with Crippen LogP contribution in [0.5, 0.6) is 0 Å². The Kier molecular flexibility index (Phi) is 9.09. The second-order valence-corrected chi connectivity index (χ2v) is 11.2. The molecule has 1 saturated carbocycles. The van der Waals surface area contributed by atoms with Gasteiger partial charge in [-0.3, -0.25) is 14.5 Å². The Balaban J connectivity index is 1.52. The van der Waals surface area contributed by atoms with E-state index in [4.69, 9.17) is 4.98 Å². The summed E-state index contributed by atoms with van der Waals surface area (Å²) in [5.74, 6) is 0.272. The van der Waals surface area contributed by atoms with E-state index in [1.807, 2.05) is 59.5 Å². The van der Waals surface area contributed by atoms with Crippen LogP contribution in [0.15, 0.2) is 54.6 Å². The molecule has 212 valence electrons. The minimum Gasteiger partial charge on any atom is -0.394 e. The molecule has 3 aromatic rings. The van der Waals surface area contributed by atoms with Gasteiger partial charge in [-0.05, 0) is 31.7 Å². The predicted octanol–water partition coefficient (Wildman–Crippen LogP) is 3.60. The molecule has 5 rings (SSSR count). The maximum atomic E-state index is 14.1. The first-order valence-corrected chi connectivity index (χ1v) is 14.5. The molecular weight excluding hydrogens is 504 g/mol. The molecule has 1 saturated heterocycles. The number of hydrogen-bond donors (Lipinski definition) is 3. The molecular formula is C32H40N4O4. The topological polar surface area (TPSA) is 106 Å². The van der Waals surface area contributed by atoms with Crippen LogP contribution in [-0.4, -0.2) is 81.7 Å². The van der Waals surface area contributed by atoms with E-state index < -0.39 is 6.10 Å². The first-order valence-electron chi connectivity index (χ1n) is 14.5. The smallest absolute Gasteiger partial charge is 0.252 e. The van der Waals surface area contributed by atoms with Crippen molar-refractivity contribution in [1.29, 1.82) is 0 Å². The average Bonchev–Trinajstić information content (AvgIpc) is 2.98. The van der Waals surface area contributed by atoms with E-state index in [0.29, 0.717) is 31.1 Å². The summed E-state index contributed by atoms with van der Waals surface area (Å²) in [5.41, 5.74) is 3.88. The molecule has 2 heterocycles. The molecule has 0 unspecified atom stereocenters. The third-order valence-corrected chi connectivity index (χ3v) is 8.40. The molecule has 2 atom stereocenters. The molecule has 3 N–H and O–H groups in total. The highest BCUT2D eigenvalue weighted by atomic mass is 16.3. The van der Waals surface area contributed by atoms with E-state index in [2.05, 4.69) is 12.2 Å². The Hall–Kier alpha value is -3.33. The zero-order valence-electron chi connectivity index (χ0n) is 23.3. The largest absolute Gasteiger partial charge is 0.394 e. The number of nitrogens with one attached hydrogen (secondary N) is 1. The van der Waals surface area contributed by atoms with Crippen molar-refractivity contribution in [3.63, 3.8) is 0 Å². The van der Waals surface area contributed by atoms with Crippen molar-refractivity contribution in [2.24, 2.45) is 5.92 Å². The number of para-hydroxylation sites is 1. The zero-order valence-corrected chi connectivity index (χ0v) is 23.3. The molecule has 2 fully saturated rings. The molecule has 8 heteroatoms. The normalized spacial score (nSPS) is 18.6. The fourth-order valence-electron chi connectivity index (χ4n) is 6.15. The lowest BCUT2D eigenvalue weighted by molar-refractivity contribution is -0.138. The second-order valence-electron chi connectivity index (χ2n) is 11.2. The van der Waals surface area contributed by atoms with Crippen LogP contribution < -0.4 is 5.32 Å². The summed E-state index contributed by atoms with van der Waals surface area (Å²) < 4.78 is 0. The number of piperazine rings is 1. The summed E-state index contributed by atoms with van der Waals surface area (Å²) in [4.78, 5) is 35.8. The van der Waals surface area contributed by atoms with Crippen LogP contribution in [0.4, 0.5) is 0 Å². The molecule has 2 aliphatic rings. The standard InChI is InChI=1S/C32H40N4O4/c1-22(23-10-4-2-5-11-23)33-32(40)30-26-14-8-9-15-28(26)34-31(24-12-6-3-7-13-24)27(30)19-35-16-17-36(29(39)20-35)18-25(38)21-37/h3,6-9,12-15,22-23,25,37-38H,2,4-5,10-11,16-21H2,1H3,(H,33,40)/t22-,25-/m0/s1. The van der Waals surface area contributed by atoms with Crippen molar-refractivity contribution in [3.8, 4) is 11.3 Å². The number of benzene rings is 2. The average molecular weight is 545 g/mol. The predicted molar refractivity (Wildman–Crippen MR) is 156 cm³/mol. The quantitative estimate of drug-likeness (QED) is 0.380. The van der Waals surface area contributed by atoms with E-state index >= 15 is 0 Å². The number of aliphatic hydroxyl groups excluding tert-OH is 2. The summed E-state index contributed by atoms with van der Waals surface area (Å²) in [6.45, 7) is 3.44. The first kappa shape index (κ1) is 28.2. The fourth-order valence-corrected chi connectivity index (χ4v) is 6.15. The van der Waals surface area contributed by atoms with Gasteiger partial charge in [-0.25, -0.2) is 4.98 Å². The summed E-state index contributed by atoms with van der Waals surface area (Å²) in [5, 5.41) is 23.2. The summed E-state index contributed by atoms with van der Waals surface area (Å²) in [6.07, 6.45) is 5.01. The van der Waals surface area contributed by atoms with E-state index in [-0.39, 0.29) is 37.6 Å². The Bertz CT molecular complexity index is 1330. The summed E-state index contributed by atoms with van der Waals surface area (Å²) in [7, 11) is 0. The maximum absolute atomic E-state index is 14.1. The van der Waals surface area contributed by atoms with Crippen LogP contribution in [0, 0.1) is 5.92 Å². The maximum Gasteiger partial charge on any atom is 0.252 e. The number of β-amino-alcohol motifs (C(OH)–C–C–N with tert-alkyl or cyclic N) is 1. The molecule has 0 spiro atoms. The number of aliphatic hydroxyl groups is 2. The highest BCUT2D eigenvalue weighted by Crippen LogP contribution is 2.33. The van der Waals surface area contributed by atoms with E-state index in [1.54, 1.807) is 4.90 Å². The van der Waals surface area contributed by atoms with Gasteiger partial charge in [0.25, 0.3) is 5.91 Å². The Morgan fingerprint density at radius 1 is 1.05 bits per heavy atom. The van der Waals surface area contributed by atoms with Gasteiger partial charge in [-0.2, -0.15) is 0 Å². The molecule has 0 bridgehead atoms. The fraction of sp³-hybridized carbons (Fsp3) is 0.469. The van der Waals surface area contributed by atoms with Crippen molar-refractivity contribution in [2.45, 2.75) is 57.7 Å². The van der Waals surface area contributed by atoms with Crippen LogP contribution in [-0.2, 0) is 11.3 Å². The lowest BCUT2D eigenvalue weighted by Crippen LogP contribution is -2.52. The van der Waals surface area contributed by atoms with Crippen molar-refractivity contribution in [3.05, 3.63) is 65.7 Å². The van der Waals surface area contributed by atoms with Crippen LogP contribution >= 0.6 is 0 Å². The number of aromatic nitrogens is 1. The zero-order chi connectivity index (χ0) is 28.1. The number of nitrogens with zero attached hydrogens (tertiary/aromatic N) is 3. The lowest BCUT2D eigenvalue weighted by atomic mass is 9.84. The van der Waals surface area contributed by atoms with Gasteiger partial charge in [-0.15, -0.1) is 0 Å². The van der Waals surface area contributed by atoms with Gasteiger partial charge in [0.05, 0.1) is 36.0 Å². The third-order valence-electron chi connectivity index (χ3n) is 8.40. The molecule has 1 aromatic heterocycles. The second kappa shape index (κ2) is 12.9. The molecule has 2 amide bonds. The van der Waals surface area contributed by atoms with Gasteiger partial charge < -0.3 is 20.4 Å². The van der Waals surface area contributed by atoms with Gasteiger partial charge >= 0.3 is 0 Å². The molecule has 1 aliphatic carbocycles. The van der Waals surface area contributed by atoms with Crippen molar-refractivity contribution >= 4 is 22.7 Å². The highest BCUT2D eigenvalue weighted by molar-refractivity contribution is 6.09. The number of fused-ring (bicyclic) bond motifs is 1. The molecule has 2 aromatic carbocycles. The molecule has 40 heavy (non-hydrogen) atoms. The summed E-state index contributed by atoms with van der Waals surface area (Å²) in [6, 6.07) is 17.8. The van der Waals surface area contributed by atoms with Gasteiger partial charge in [0, 0.05) is 48.7 Å². The summed E-state index contributed by atoms with van der Waals surface area (Å²) >= 11 is 0. The first-order chi connectivity index (χ1) is 19.4. The van der Waals surface area contributed by atoms with Crippen molar-refractivity contribution in [1.82, 2.24) is 20.1 Å². The van der Waals surface area contributed by atoms with Crippen LogP contribution in [0.1, 0.15) is 54.9 Å². The molecule has 8 nitrogen and oxygen atoms in total. The Morgan fingerprint density at radius 3 is 2.50 bits per heavy atom. The Labute approximate surface area is 236 Å². The van der Waals surface area contributed by atoms with E-state index in [0.717, 1.165) is 40.6 Å². The minimum absolute atomic E-state index is 0.0656. The van der Waals surface area contributed by atoms with E-state index in [1.165, 1.54) is 19.3 Å². The van der Waals surface area contributed by atoms with Crippen molar-refractivity contribution < 1.29 is 19.8 Å². The van der Waals surface area contributed by atoms with Crippen LogP contribution in [0.3, 0.4) is 0 Å². The minimum atomic E-state index is -0.952. The number of pyridine rings is 1. The monoisotopic (exact) mass is 544 g/mol. The number of amides is 2. The van der Waals surface area contributed by atoms with Gasteiger partial charge in [0.1, 0.15) is 0 Å². The highest BCUT2D eigenvalue weighted by Gasteiger charge is 2.30. The van der Waals surface area contributed by atoms with Crippen molar-refractivity contribution in [2.75, 3.05) is 32.8 Å². The van der Waals surface area contributed by atoms with Gasteiger partial charge in [0.15, 0.2) is 0 Å². The van der Waals surface area contributed by atoms with Gasteiger partial charge in [0.2, 0.25) is 5.91 Å². The molecule has 1 aliphatic heterocycles. The molecule has 0 radical (unpaired) electrons. The SMILES string of the molecule is C[C@H](NC(=O)c1c(CN2CCN(C[C@H](O)CO)C(=O)C2)c(-c2ccccc2)nc2ccccc12)C1CCCCC1. The number of hydrogen-bond acceptors (Lipinski definition) is 6. The van der Waals surface area contributed by atoms with Crippen LogP contribution in [0.2, 0.25) is 0 Å².